The van der Waals surface area contributed by atoms with E-state index in [1.165, 1.54) is 6.07 Å². The molecular weight excluding hydrogens is 369 g/mol. The van der Waals surface area contributed by atoms with E-state index in [1.54, 1.807) is 18.3 Å². The first-order chi connectivity index (χ1) is 13.9. The molecule has 3 aromatic heterocycles. The molecule has 0 saturated heterocycles. The minimum Gasteiger partial charge on any atom is -0.494 e. The van der Waals surface area contributed by atoms with Gasteiger partial charge in [0, 0.05) is 29.3 Å². The monoisotopic (exact) mass is 391 g/mol. The fourth-order valence-corrected chi connectivity index (χ4v) is 3.63. The van der Waals surface area contributed by atoms with Crippen LogP contribution >= 0.6 is 0 Å². The first kappa shape index (κ1) is 18.9. The highest BCUT2D eigenvalue weighted by Crippen LogP contribution is 2.33. The van der Waals surface area contributed by atoms with Crippen molar-refractivity contribution < 1.29 is 9.50 Å². The van der Waals surface area contributed by atoms with Gasteiger partial charge < -0.3 is 10.1 Å². The van der Waals surface area contributed by atoms with Crippen molar-refractivity contribution in [3.05, 3.63) is 59.2 Å². The first-order valence-electron chi connectivity index (χ1n) is 9.45. The number of hydrogen-bond donors (Lipinski definition) is 2. The quantitative estimate of drug-likeness (QED) is 0.478. The molecule has 6 nitrogen and oxygen atoms in total. The van der Waals surface area contributed by atoms with Crippen LogP contribution in [0, 0.1) is 19.7 Å². The molecule has 4 rings (SSSR count). The van der Waals surface area contributed by atoms with E-state index in [-0.39, 0.29) is 11.7 Å². The van der Waals surface area contributed by atoms with E-state index in [4.69, 9.17) is 0 Å². The second kappa shape index (κ2) is 7.16. The molecule has 1 aromatic carbocycles. The number of aryl methyl sites for hydroxylation is 3. The first-order valence-corrected chi connectivity index (χ1v) is 9.45. The summed E-state index contributed by atoms with van der Waals surface area (Å²) in [6.07, 6.45) is 1.60. The predicted molar refractivity (Wildman–Crippen MR) is 112 cm³/mol. The van der Waals surface area contributed by atoms with Gasteiger partial charge in [-0.15, -0.1) is 0 Å². The normalized spacial score (nSPS) is 12.1. The maximum Gasteiger partial charge on any atom is 0.198 e. The molecule has 3 heterocycles. The van der Waals surface area contributed by atoms with Crippen LogP contribution < -0.4 is 0 Å². The van der Waals surface area contributed by atoms with Crippen molar-refractivity contribution >= 4 is 22.4 Å². The van der Waals surface area contributed by atoms with Crippen LogP contribution in [-0.2, 0) is 6.54 Å². The topological polar surface area (TPSA) is 79.1 Å². The van der Waals surface area contributed by atoms with Gasteiger partial charge >= 0.3 is 0 Å². The number of halogens is 1. The zero-order valence-corrected chi connectivity index (χ0v) is 16.8. The number of aromatic amines is 1. The van der Waals surface area contributed by atoms with Crippen molar-refractivity contribution in [1.82, 2.24) is 19.7 Å². The SMILES string of the molecule is CCn1nc(N=C(C)c2c(O)[nH]c3cnc(-c4c(C)cccc4F)cc23)cc1C. The Kier molecular flexibility index (Phi) is 4.66. The van der Waals surface area contributed by atoms with Crippen molar-refractivity contribution in [3.63, 3.8) is 0 Å². The third-order valence-electron chi connectivity index (χ3n) is 5.05. The molecule has 0 amide bonds. The number of benzene rings is 1. The Morgan fingerprint density at radius 1 is 1.28 bits per heavy atom. The number of pyridine rings is 1. The highest BCUT2D eigenvalue weighted by Gasteiger charge is 2.17. The lowest BCUT2D eigenvalue weighted by Crippen LogP contribution is -1.98. The number of H-pyrrole nitrogens is 1. The number of fused-ring (bicyclic) bond motifs is 1. The van der Waals surface area contributed by atoms with Crippen LogP contribution in [0.15, 0.2) is 41.5 Å². The molecule has 29 heavy (non-hydrogen) atoms. The number of nitrogens with one attached hydrogen (secondary N) is 1. The summed E-state index contributed by atoms with van der Waals surface area (Å²) < 4.78 is 16.3. The molecule has 0 aliphatic carbocycles. The van der Waals surface area contributed by atoms with Crippen LogP contribution in [0.5, 0.6) is 5.88 Å². The lowest BCUT2D eigenvalue weighted by atomic mass is 10.0. The van der Waals surface area contributed by atoms with Crippen molar-refractivity contribution in [1.29, 1.82) is 0 Å². The lowest BCUT2D eigenvalue weighted by molar-refractivity contribution is 0.457. The summed E-state index contributed by atoms with van der Waals surface area (Å²) in [4.78, 5) is 11.9. The minimum atomic E-state index is -0.330. The average molecular weight is 391 g/mol. The van der Waals surface area contributed by atoms with E-state index in [9.17, 15) is 9.50 Å². The van der Waals surface area contributed by atoms with Gasteiger partial charge in [0.2, 0.25) is 0 Å². The van der Waals surface area contributed by atoms with E-state index in [0.717, 1.165) is 23.2 Å². The Bertz CT molecular complexity index is 1230. The fraction of sp³-hybridized carbons (Fsp3) is 0.227. The molecule has 4 aromatic rings. The van der Waals surface area contributed by atoms with Crippen LogP contribution in [0.2, 0.25) is 0 Å². The fourth-order valence-electron chi connectivity index (χ4n) is 3.63. The van der Waals surface area contributed by atoms with Crippen molar-refractivity contribution in [2.24, 2.45) is 4.99 Å². The van der Waals surface area contributed by atoms with Crippen molar-refractivity contribution in [3.8, 4) is 17.1 Å². The molecule has 0 atom stereocenters. The molecular formula is C22H22FN5O. The molecule has 0 bridgehead atoms. The maximum absolute atomic E-state index is 14.4. The smallest absolute Gasteiger partial charge is 0.198 e. The molecule has 0 fully saturated rings. The van der Waals surface area contributed by atoms with Gasteiger partial charge in [0.15, 0.2) is 11.7 Å². The summed E-state index contributed by atoms with van der Waals surface area (Å²) in [5, 5.41) is 15.7. The summed E-state index contributed by atoms with van der Waals surface area (Å²) in [6.45, 7) is 8.42. The number of nitrogens with zero attached hydrogens (tertiary/aromatic N) is 4. The summed E-state index contributed by atoms with van der Waals surface area (Å²) in [5.41, 5.74) is 4.59. The second-order valence-corrected chi connectivity index (χ2v) is 7.05. The molecule has 0 aliphatic rings. The summed E-state index contributed by atoms with van der Waals surface area (Å²) >= 11 is 0. The van der Waals surface area contributed by atoms with Crippen molar-refractivity contribution in [2.75, 3.05) is 0 Å². The average Bonchev–Trinajstić information content (AvgIpc) is 3.19. The zero-order chi connectivity index (χ0) is 20.7. The number of hydrogen-bond acceptors (Lipinski definition) is 4. The van der Waals surface area contributed by atoms with Crippen LogP contribution in [0.1, 0.15) is 30.7 Å². The van der Waals surface area contributed by atoms with E-state index in [1.807, 2.05) is 44.5 Å². The third-order valence-corrected chi connectivity index (χ3v) is 5.05. The second-order valence-electron chi connectivity index (χ2n) is 7.05. The van der Waals surface area contributed by atoms with E-state index >= 15 is 0 Å². The highest BCUT2D eigenvalue weighted by molar-refractivity contribution is 6.13. The third kappa shape index (κ3) is 3.29. The highest BCUT2D eigenvalue weighted by atomic mass is 19.1. The lowest BCUT2D eigenvalue weighted by Gasteiger charge is -2.07. The Hall–Kier alpha value is -3.48. The van der Waals surface area contributed by atoms with Gasteiger partial charge in [0.1, 0.15) is 5.82 Å². The van der Waals surface area contributed by atoms with Gasteiger partial charge in [-0.05, 0) is 45.4 Å². The molecule has 2 N–H and O–H groups in total. The Labute approximate surface area is 167 Å². The van der Waals surface area contributed by atoms with Crippen LogP contribution in [0.25, 0.3) is 22.2 Å². The van der Waals surface area contributed by atoms with Crippen LogP contribution in [-0.4, -0.2) is 30.6 Å². The molecule has 148 valence electrons. The van der Waals surface area contributed by atoms with Gasteiger partial charge in [-0.3, -0.25) is 9.67 Å². The number of aromatic hydroxyl groups is 1. The minimum absolute atomic E-state index is 0.00268. The standard InChI is InChI=1S/C22H22FN5O/c1-5-28-13(3)9-19(27-28)25-14(4)21-15-10-17(24-11-18(15)26-22(21)29)20-12(2)7-6-8-16(20)23/h6-11,26,29H,5H2,1-4H3. The molecule has 0 radical (unpaired) electrons. The Balaban J connectivity index is 1.86. The molecule has 0 saturated carbocycles. The van der Waals surface area contributed by atoms with E-state index < -0.39 is 0 Å². The van der Waals surface area contributed by atoms with Gasteiger partial charge in [0.05, 0.1) is 28.7 Å². The Morgan fingerprint density at radius 2 is 2.07 bits per heavy atom. The van der Waals surface area contributed by atoms with Crippen LogP contribution in [0.3, 0.4) is 0 Å². The van der Waals surface area contributed by atoms with E-state index in [2.05, 4.69) is 20.1 Å². The van der Waals surface area contributed by atoms with Gasteiger partial charge in [-0.2, -0.15) is 5.10 Å². The summed E-state index contributed by atoms with van der Waals surface area (Å²) in [5.74, 6) is 0.246. The number of rotatable bonds is 4. The molecule has 0 unspecified atom stereocenters. The number of aromatic nitrogens is 4. The van der Waals surface area contributed by atoms with Crippen LogP contribution in [0.4, 0.5) is 10.2 Å². The largest absolute Gasteiger partial charge is 0.494 e. The zero-order valence-electron chi connectivity index (χ0n) is 16.8. The van der Waals surface area contributed by atoms with Gasteiger partial charge in [-0.1, -0.05) is 12.1 Å². The maximum atomic E-state index is 14.4. The van der Waals surface area contributed by atoms with Gasteiger partial charge in [-0.25, -0.2) is 9.38 Å². The van der Waals surface area contributed by atoms with Crippen molar-refractivity contribution in [2.45, 2.75) is 34.2 Å². The molecule has 7 heteroatoms. The predicted octanol–water partition coefficient (Wildman–Crippen LogP) is 5.05. The van der Waals surface area contributed by atoms with Gasteiger partial charge in [0.25, 0.3) is 0 Å². The molecule has 0 aliphatic heterocycles. The number of aliphatic imine (C=N–C) groups is 1. The summed E-state index contributed by atoms with van der Waals surface area (Å²) in [7, 11) is 0. The van der Waals surface area contributed by atoms with E-state index in [0.29, 0.717) is 33.9 Å². The molecule has 0 spiro atoms. The summed E-state index contributed by atoms with van der Waals surface area (Å²) in [6, 6.07) is 8.62. The Morgan fingerprint density at radius 3 is 2.76 bits per heavy atom.